The molecule has 0 fully saturated rings. The second-order valence-electron chi connectivity index (χ2n) is 5.63. The normalized spacial score (nSPS) is 22.2. The first-order valence-corrected chi connectivity index (χ1v) is 8.92. The van der Waals surface area contributed by atoms with Gasteiger partial charge < -0.3 is 10.5 Å². The van der Waals surface area contributed by atoms with Crippen LogP contribution in [0.4, 0.5) is 13.2 Å². The molecule has 0 radical (unpaired) electrons. The highest BCUT2D eigenvalue weighted by Gasteiger charge is 2.44. The number of ether oxygens (including phenoxy) is 1. The van der Waals surface area contributed by atoms with E-state index in [0.717, 1.165) is 12.1 Å². The van der Waals surface area contributed by atoms with Gasteiger partial charge in [-0.15, -0.1) is 0 Å². The Morgan fingerprint density at radius 2 is 1.79 bits per heavy atom. The molecule has 0 aliphatic carbocycles. The van der Waals surface area contributed by atoms with Gasteiger partial charge in [-0.1, -0.05) is 42.3 Å². The van der Waals surface area contributed by atoms with Crippen molar-refractivity contribution in [1.82, 2.24) is 0 Å². The van der Waals surface area contributed by atoms with Gasteiger partial charge in [-0.25, -0.2) is 0 Å². The molecule has 0 aromatic heterocycles. The first-order valence-electron chi connectivity index (χ1n) is 10.8. The molecule has 2 unspecified atom stereocenters. The molecule has 0 saturated heterocycles. The average molecular weight is 420 g/mol. The van der Waals surface area contributed by atoms with Crippen molar-refractivity contribution in [2.24, 2.45) is 5.72 Å². The minimum Gasteiger partial charge on any atom is -0.463 e. The standard InChI is InChI=1S/C18H14F3NO5S/c19-18(20,21)12-8-6-10(7-9-12)15-14(23)13(17(22)27-15)16(28(24,25)26)11-4-2-1-3-5-11/h1-9,15-16H,22H2,(H,24,25,26)/i1D,2D,3D,4D,5D/hD2. The van der Waals surface area contributed by atoms with Crippen LogP contribution in [0.1, 0.15) is 34.9 Å². The van der Waals surface area contributed by atoms with Crippen LogP contribution in [-0.4, -0.2) is 18.8 Å². The molecule has 2 aromatic carbocycles. The number of Topliss-reactive ketones (excluding diaryl/α,β-unsaturated/α-hetero) is 1. The number of alkyl halides is 3. The molecule has 28 heavy (non-hydrogen) atoms. The number of benzene rings is 2. The highest BCUT2D eigenvalue weighted by atomic mass is 32.2. The Bertz CT molecular complexity index is 1320. The molecule has 6 nitrogen and oxygen atoms in total. The van der Waals surface area contributed by atoms with E-state index in [1.807, 2.05) is 0 Å². The lowest BCUT2D eigenvalue weighted by molar-refractivity contribution is -0.137. The lowest BCUT2D eigenvalue weighted by atomic mass is 9.96. The fraction of sp³-hybridized carbons (Fsp3) is 0.167. The van der Waals surface area contributed by atoms with Crippen molar-refractivity contribution in [2.45, 2.75) is 17.5 Å². The zero-order valence-electron chi connectivity index (χ0n) is 20.5. The molecule has 148 valence electrons. The Morgan fingerprint density at radius 3 is 2.29 bits per heavy atom. The molecule has 0 saturated carbocycles. The number of rotatable bonds is 5. The minimum absolute atomic E-state index is 0.229. The number of hydrogen-bond donors (Lipinski definition) is 2. The molecule has 1 aliphatic rings. The number of carbonyl (C=O) groups excluding carboxylic acids is 1. The summed E-state index contributed by atoms with van der Waals surface area (Å²) in [6.07, 6.45) is -6.56. The van der Waals surface area contributed by atoms with Crippen LogP contribution in [0.25, 0.3) is 0 Å². The first kappa shape index (κ1) is 12.6. The summed E-state index contributed by atoms with van der Waals surface area (Å²) in [6, 6.07) is -2.14. The summed E-state index contributed by atoms with van der Waals surface area (Å²) in [5.41, 5.74) is -3.80. The fourth-order valence-electron chi connectivity index (χ4n) is 2.62. The van der Waals surface area contributed by atoms with E-state index < -0.39 is 86.2 Å². The van der Waals surface area contributed by atoms with Crippen LogP contribution < -0.4 is 5.72 Å². The van der Waals surface area contributed by atoms with Crippen molar-refractivity contribution in [3.63, 3.8) is 0 Å². The molecule has 3 N–H and O–H groups in total. The van der Waals surface area contributed by atoms with Gasteiger partial charge in [-0.2, -0.15) is 21.6 Å². The summed E-state index contributed by atoms with van der Waals surface area (Å²) in [7, 11) is -5.49. The second-order valence-corrected chi connectivity index (χ2v) is 7.14. The van der Waals surface area contributed by atoms with Gasteiger partial charge in [-0.05, 0) is 17.7 Å². The second kappa shape index (κ2) is 6.95. The molecule has 2 aromatic rings. The lowest BCUT2D eigenvalue weighted by Crippen LogP contribution is -2.21. The zero-order valence-corrected chi connectivity index (χ0v) is 14.4. The predicted octanol–water partition coefficient (Wildman–Crippen LogP) is 3.15. The van der Waals surface area contributed by atoms with Crippen molar-refractivity contribution in [2.75, 3.05) is 0 Å². The monoisotopic (exact) mass is 420 g/mol. The lowest BCUT2D eigenvalue weighted by Gasteiger charge is -2.15. The van der Waals surface area contributed by atoms with Gasteiger partial charge in [-0.3, -0.25) is 9.35 Å². The van der Waals surface area contributed by atoms with Gasteiger partial charge in [0.2, 0.25) is 5.78 Å². The van der Waals surface area contributed by atoms with E-state index in [4.69, 9.17) is 14.4 Å². The molecule has 10 heteroatoms. The van der Waals surface area contributed by atoms with Gasteiger partial charge in [0.1, 0.15) is 5.25 Å². The van der Waals surface area contributed by atoms with E-state index in [0.29, 0.717) is 12.1 Å². The molecular weight excluding hydrogens is 399 g/mol. The van der Waals surface area contributed by atoms with E-state index in [1.54, 1.807) is 0 Å². The molecule has 1 aliphatic heterocycles. The maximum absolute atomic E-state index is 13.2. The van der Waals surface area contributed by atoms with Gasteiger partial charge in [0.05, 0.1) is 18.0 Å². The van der Waals surface area contributed by atoms with Crippen molar-refractivity contribution < 1.29 is 45.4 Å². The largest absolute Gasteiger partial charge is 0.463 e. The van der Waals surface area contributed by atoms with Crippen LogP contribution in [0.5, 0.6) is 0 Å². The van der Waals surface area contributed by atoms with Crippen molar-refractivity contribution in [1.29, 1.82) is 0 Å². The Hall–Kier alpha value is -2.85. The molecule has 1 heterocycles. The molecular formula is C18H14F3NO5S. The van der Waals surface area contributed by atoms with E-state index in [-0.39, 0.29) is 11.3 Å². The van der Waals surface area contributed by atoms with Crippen molar-refractivity contribution >= 4 is 15.9 Å². The SMILES string of the molecule is [2H]c1c([2H])c([2H])c(C(C2=C(N([2H])[2H])OC(c3ccc(C(F)(F)F)cc3)C2=O)S(=O)(=O)O)c([2H])c1[2H]. The van der Waals surface area contributed by atoms with Crippen LogP contribution in [0.2, 0.25) is 2.82 Å². The third-order valence-corrected chi connectivity index (χ3v) is 4.91. The smallest absolute Gasteiger partial charge is 0.416 e. The van der Waals surface area contributed by atoms with Gasteiger partial charge >= 0.3 is 6.18 Å². The van der Waals surface area contributed by atoms with Crippen LogP contribution in [0, 0.1) is 0 Å². The first-order chi connectivity index (χ1) is 16.0. The van der Waals surface area contributed by atoms with Gasteiger partial charge in [0.25, 0.3) is 10.1 Å². The summed E-state index contributed by atoms with van der Waals surface area (Å²) >= 11 is 0. The number of nitrogens with two attached hydrogens (primary N) is 1. The Labute approximate surface area is 168 Å². The topological polar surface area (TPSA) is 107 Å². The molecule has 3 rings (SSSR count). The average Bonchev–Trinajstić information content (AvgIpc) is 3.09. The summed E-state index contributed by atoms with van der Waals surface area (Å²) in [6.45, 7) is 0. The third kappa shape index (κ3) is 3.73. The van der Waals surface area contributed by atoms with Crippen molar-refractivity contribution in [3.8, 4) is 0 Å². The third-order valence-electron chi connectivity index (χ3n) is 3.85. The maximum Gasteiger partial charge on any atom is 0.416 e. The highest BCUT2D eigenvalue weighted by Crippen LogP contribution is 2.41. The van der Waals surface area contributed by atoms with Gasteiger partial charge in [0.15, 0.2) is 14.8 Å². The summed E-state index contributed by atoms with van der Waals surface area (Å²) in [5.74, 6) is -2.40. The Kier molecular flexibility index (Phi) is 3.12. The van der Waals surface area contributed by atoms with Crippen LogP contribution >= 0.6 is 0 Å². The zero-order chi connectivity index (χ0) is 26.6. The van der Waals surface area contributed by atoms with E-state index in [9.17, 15) is 30.9 Å². The molecule has 0 spiro atoms. The molecule has 2 atom stereocenters. The molecule has 0 bridgehead atoms. The van der Waals surface area contributed by atoms with E-state index >= 15 is 0 Å². The summed E-state index contributed by atoms with van der Waals surface area (Å²) in [4.78, 5) is 13.2. The number of carbonyl (C=O) groups is 1. The minimum atomic E-state index is -5.49. The highest BCUT2D eigenvalue weighted by molar-refractivity contribution is 7.86. The number of hydrogen-bond acceptors (Lipinski definition) is 5. The Morgan fingerprint density at radius 1 is 1.18 bits per heavy atom. The van der Waals surface area contributed by atoms with Crippen LogP contribution in [-0.2, 0) is 25.8 Å². The maximum atomic E-state index is 13.2. The number of halogens is 3. The van der Waals surface area contributed by atoms with Gasteiger partial charge in [0, 0.05) is 5.56 Å². The quantitative estimate of drug-likeness (QED) is 0.720. The van der Waals surface area contributed by atoms with Crippen molar-refractivity contribution in [3.05, 3.63) is 82.6 Å². The van der Waals surface area contributed by atoms with Crippen LogP contribution in [0.15, 0.2) is 65.9 Å². The van der Waals surface area contributed by atoms with E-state index in [1.165, 1.54) is 0 Å². The fourth-order valence-corrected chi connectivity index (χ4v) is 3.55. The van der Waals surface area contributed by atoms with Crippen LogP contribution in [0.3, 0.4) is 0 Å². The Balaban J connectivity index is 2.23. The predicted molar refractivity (Wildman–Crippen MR) is 92.2 cm³/mol. The summed E-state index contributed by atoms with van der Waals surface area (Å²) < 4.78 is 133. The summed E-state index contributed by atoms with van der Waals surface area (Å²) in [5, 5.41) is -2.67. The molecule has 0 amide bonds. The number of ketones is 1. The van der Waals surface area contributed by atoms with E-state index in [2.05, 4.69) is 0 Å².